The van der Waals surface area contributed by atoms with Gasteiger partial charge in [0.05, 0.1) is 8.68 Å². The Hall–Kier alpha value is 0.0500. The van der Waals surface area contributed by atoms with Gasteiger partial charge in [0.15, 0.2) is 0 Å². The first kappa shape index (κ1) is 15.0. The van der Waals surface area contributed by atoms with Gasteiger partial charge in [-0.2, -0.15) is 4.31 Å². The zero-order valence-corrected chi connectivity index (χ0v) is 14.9. The molecule has 20 heavy (non-hydrogen) atoms. The van der Waals surface area contributed by atoms with Crippen molar-refractivity contribution in [3.8, 4) is 0 Å². The number of rotatable bonds is 2. The van der Waals surface area contributed by atoms with Crippen molar-refractivity contribution in [3.05, 3.63) is 14.7 Å². The summed E-state index contributed by atoms with van der Waals surface area (Å²) in [5.41, 5.74) is 0. The molecule has 1 aromatic heterocycles. The molecule has 1 aromatic rings. The molecular weight excluding hydrogens is 360 g/mol. The molecule has 7 heteroatoms. The van der Waals surface area contributed by atoms with Crippen LogP contribution < -0.4 is 0 Å². The normalized spacial score (nSPS) is 28.8. The van der Waals surface area contributed by atoms with Crippen LogP contribution in [-0.2, 0) is 10.0 Å². The van der Waals surface area contributed by atoms with Crippen LogP contribution in [0.3, 0.4) is 0 Å². The fourth-order valence-electron chi connectivity index (χ4n) is 3.32. The number of likely N-dealkylation sites (N-methyl/N-ethyl adjacent to an activating group) is 1. The Balaban J connectivity index is 1.90. The van der Waals surface area contributed by atoms with E-state index in [1.165, 1.54) is 17.8 Å². The molecule has 0 amide bonds. The standard InChI is InChI=1S/C13H19BrN2O2S2/c1-9-12(7-13(14)19-9)20(17,18)16-6-5-10-3-4-11(8-16)15(10)2/h7,10-11H,3-6,8H2,1-2H3. The summed E-state index contributed by atoms with van der Waals surface area (Å²) in [6.45, 7) is 3.14. The quantitative estimate of drug-likeness (QED) is 0.793. The van der Waals surface area contributed by atoms with Crippen LogP contribution in [0.1, 0.15) is 24.1 Å². The summed E-state index contributed by atoms with van der Waals surface area (Å²) >= 11 is 4.87. The third-order valence-corrected chi connectivity index (χ3v) is 8.25. The van der Waals surface area contributed by atoms with Gasteiger partial charge in [0, 0.05) is 30.1 Å². The third-order valence-electron chi connectivity index (χ3n) is 4.57. The molecule has 2 atom stereocenters. The SMILES string of the molecule is Cc1sc(Br)cc1S(=O)(=O)N1CCC2CCC(C1)N2C. The first-order valence-corrected chi connectivity index (χ1v) is 9.92. The molecule has 2 unspecified atom stereocenters. The van der Waals surface area contributed by atoms with E-state index in [4.69, 9.17) is 0 Å². The molecular formula is C13H19BrN2O2S2. The maximum absolute atomic E-state index is 12.9. The van der Waals surface area contributed by atoms with Gasteiger partial charge in [0.1, 0.15) is 0 Å². The van der Waals surface area contributed by atoms with Crippen molar-refractivity contribution < 1.29 is 8.42 Å². The molecule has 0 saturated carbocycles. The maximum atomic E-state index is 12.9. The molecule has 0 spiro atoms. The minimum Gasteiger partial charge on any atom is -0.299 e. The van der Waals surface area contributed by atoms with Crippen molar-refractivity contribution in [2.24, 2.45) is 0 Å². The first-order valence-electron chi connectivity index (χ1n) is 6.87. The van der Waals surface area contributed by atoms with Gasteiger partial charge >= 0.3 is 0 Å². The topological polar surface area (TPSA) is 40.6 Å². The predicted molar refractivity (Wildman–Crippen MR) is 84.7 cm³/mol. The Kier molecular flexibility index (Phi) is 4.01. The Morgan fingerprint density at radius 2 is 2.00 bits per heavy atom. The number of fused-ring (bicyclic) bond motifs is 2. The number of halogens is 1. The van der Waals surface area contributed by atoms with E-state index in [-0.39, 0.29) is 0 Å². The molecule has 2 saturated heterocycles. The van der Waals surface area contributed by atoms with Crippen LogP contribution in [0.2, 0.25) is 0 Å². The monoisotopic (exact) mass is 378 g/mol. The lowest BCUT2D eigenvalue weighted by atomic mass is 10.1. The molecule has 2 fully saturated rings. The Bertz CT molecular complexity index is 614. The van der Waals surface area contributed by atoms with Gasteiger partial charge in [-0.1, -0.05) is 0 Å². The molecule has 2 aliphatic rings. The van der Waals surface area contributed by atoms with Crippen LogP contribution >= 0.6 is 27.3 Å². The highest BCUT2D eigenvalue weighted by molar-refractivity contribution is 9.11. The lowest BCUT2D eigenvalue weighted by molar-refractivity contribution is 0.246. The van der Waals surface area contributed by atoms with E-state index in [0.717, 1.165) is 21.5 Å². The van der Waals surface area contributed by atoms with Crippen LogP contribution in [0.4, 0.5) is 0 Å². The summed E-state index contributed by atoms with van der Waals surface area (Å²) in [6, 6.07) is 2.66. The number of thiophene rings is 1. The second-order valence-electron chi connectivity index (χ2n) is 5.67. The highest BCUT2D eigenvalue weighted by atomic mass is 79.9. The van der Waals surface area contributed by atoms with Crippen molar-refractivity contribution >= 4 is 37.3 Å². The fourth-order valence-corrected chi connectivity index (χ4v) is 7.20. The number of hydrogen-bond acceptors (Lipinski definition) is 4. The predicted octanol–water partition coefficient (Wildman–Crippen LogP) is 2.68. The van der Waals surface area contributed by atoms with Crippen molar-refractivity contribution in [1.82, 2.24) is 9.21 Å². The van der Waals surface area contributed by atoms with Gasteiger partial charge in [-0.3, -0.25) is 4.90 Å². The molecule has 0 aliphatic carbocycles. The number of nitrogens with zero attached hydrogens (tertiary/aromatic N) is 2. The van der Waals surface area contributed by atoms with E-state index in [0.29, 0.717) is 30.1 Å². The number of hydrogen-bond donors (Lipinski definition) is 0. The van der Waals surface area contributed by atoms with Crippen LogP contribution in [0, 0.1) is 6.92 Å². The average molecular weight is 379 g/mol. The largest absolute Gasteiger partial charge is 0.299 e. The maximum Gasteiger partial charge on any atom is 0.244 e. The highest BCUT2D eigenvalue weighted by Crippen LogP contribution is 2.34. The van der Waals surface area contributed by atoms with Gasteiger partial charge in [-0.05, 0) is 55.2 Å². The zero-order chi connectivity index (χ0) is 14.5. The van der Waals surface area contributed by atoms with E-state index in [2.05, 4.69) is 27.9 Å². The van der Waals surface area contributed by atoms with Gasteiger partial charge in [-0.15, -0.1) is 11.3 Å². The van der Waals surface area contributed by atoms with Crippen molar-refractivity contribution in [3.63, 3.8) is 0 Å². The second-order valence-corrected chi connectivity index (χ2v) is 10.2. The lowest BCUT2D eigenvalue weighted by Gasteiger charge is -2.25. The van der Waals surface area contributed by atoms with E-state index in [9.17, 15) is 8.42 Å². The van der Waals surface area contributed by atoms with Gasteiger partial charge < -0.3 is 0 Å². The minimum atomic E-state index is -3.35. The van der Waals surface area contributed by atoms with E-state index < -0.39 is 10.0 Å². The Morgan fingerprint density at radius 3 is 2.65 bits per heavy atom. The molecule has 0 radical (unpaired) electrons. The van der Waals surface area contributed by atoms with Crippen LogP contribution in [-0.4, -0.2) is 49.8 Å². The van der Waals surface area contributed by atoms with Gasteiger partial charge in [0.2, 0.25) is 10.0 Å². The average Bonchev–Trinajstić information content (AvgIpc) is 2.79. The van der Waals surface area contributed by atoms with Crippen molar-refractivity contribution in [2.45, 2.75) is 43.2 Å². The molecule has 0 aromatic carbocycles. The molecule has 3 heterocycles. The molecule has 4 nitrogen and oxygen atoms in total. The van der Waals surface area contributed by atoms with E-state index >= 15 is 0 Å². The fraction of sp³-hybridized carbons (Fsp3) is 0.692. The Morgan fingerprint density at radius 1 is 1.30 bits per heavy atom. The molecule has 2 bridgehead atoms. The third kappa shape index (κ3) is 2.47. The van der Waals surface area contributed by atoms with Crippen molar-refractivity contribution in [1.29, 1.82) is 0 Å². The smallest absolute Gasteiger partial charge is 0.244 e. The van der Waals surface area contributed by atoms with Crippen LogP contribution in [0.25, 0.3) is 0 Å². The summed E-state index contributed by atoms with van der Waals surface area (Å²) < 4.78 is 28.3. The molecule has 112 valence electrons. The van der Waals surface area contributed by atoms with Gasteiger partial charge in [0.25, 0.3) is 0 Å². The van der Waals surface area contributed by atoms with E-state index in [1.807, 2.05) is 6.92 Å². The second kappa shape index (κ2) is 5.35. The Labute approximate surface area is 132 Å². The van der Waals surface area contributed by atoms with Crippen molar-refractivity contribution in [2.75, 3.05) is 20.1 Å². The number of sulfonamides is 1. The molecule has 3 rings (SSSR count). The summed E-state index contributed by atoms with van der Waals surface area (Å²) in [5.74, 6) is 0. The summed E-state index contributed by atoms with van der Waals surface area (Å²) in [7, 11) is -1.22. The van der Waals surface area contributed by atoms with Gasteiger partial charge in [-0.25, -0.2) is 8.42 Å². The summed E-state index contributed by atoms with van der Waals surface area (Å²) in [5, 5.41) is 0. The summed E-state index contributed by atoms with van der Waals surface area (Å²) in [6.07, 6.45) is 3.26. The van der Waals surface area contributed by atoms with Crippen LogP contribution in [0.5, 0.6) is 0 Å². The molecule has 0 N–H and O–H groups in total. The summed E-state index contributed by atoms with van der Waals surface area (Å²) in [4.78, 5) is 3.70. The minimum absolute atomic E-state index is 0.375. The number of aryl methyl sites for hydroxylation is 1. The first-order chi connectivity index (χ1) is 9.39. The van der Waals surface area contributed by atoms with E-state index in [1.54, 1.807) is 10.4 Å². The molecule has 2 aliphatic heterocycles. The van der Waals surface area contributed by atoms with Crippen LogP contribution in [0.15, 0.2) is 14.7 Å². The lowest BCUT2D eigenvalue weighted by Crippen LogP contribution is -2.39. The highest BCUT2D eigenvalue weighted by Gasteiger charge is 2.39. The zero-order valence-electron chi connectivity index (χ0n) is 11.7.